The highest BCUT2D eigenvalue weighted by Crippen LogP contribution is 2.28. The Balaban J connectivity index is 2.82. The maximum atomic E-state index is 13.7. The quantitative estimate of drug-likeness (QED) is 0.860. The summed E-state index contributed by atoms with van der Waals surface area (Å²) in [5.74, 6) is -0.990. The first kappa shape index (κ1) is 11.8. The van der Waals surface area contributed by atoms with Gasteiger partial charge in [-0.25, -0.2) is 8.78 Å². The Morgan fingerprint density at radius 3 is 2.47 bits per heavy atom. The summed E-state index contributed by atoms with van der Waals surface area (Å²) in [6.45, 7) is 3.98. The minimum atomic E-state index is -0.606. The van der Waals surface area contributed by atoms with Crippen molar-refractivity contribution in [1.29, 1.82) is 0 Å². The van der Waals surface area contributed by atoms with Crippen LogP contribution in [0.2, 0.25) is 0 Å². The lowest BCUT2D eigenvalue weighted by molar-refractivity contribution is 0.591. The Kier molecular flexibility index (Phi) is 2.96. The number of nitrogens with one attached hydrogen (secondary N) is 1. The molecule has 17 heavy (non-hydrogen) atoms. The fourth-order valence-corrected chi connectivity index (χ4v) is 1.80. The third-order valence-corrected chi connectivity index (χ3v) is 2.71. The van der Waals surface area contributed by atoms with Crippen LogP contribution in [0.5, 0.6) is 0 Å². The van der Waals surface area contributed by atoms with Crippen LogP contribution in [-0.4, -0.2) is 12.0 Å². The number of hydrogen-bond donors (Lipinski definition) is 1. The van der Waals surface area contributed by atoms with Gasteiger partial charge >= 0.3 is 0 Å². The fraction of sp³-hybridized carbons (Fsp3) is 0.308. The summed E-state index contributed by atoms with van der Waals surface area (Å²) in [5.41, 5.74) is 1.79. The molecule has 0 atom stereocenters. The van der Waals surface area contributed by atoms with Crippen molar-refractivity contribution in [3.8, 4) is 0 Å². The summed E-state index contributed by atoms with van der Waals surface area (Å²) in [4.78, 5) is 4.28. The molecule has 1 aromatic heterocycles. The van der Waals surface area contributed by atoms with Crippen molar-refractivity contribution < 1.29 is 8.78 Å². The average Bonchev–Trinajstić information content (AvgIpc) is 2.26. The number of aromatic nitrogens is 1. The molecule has 1 heterocycles. The minimum Gasteiger partial charge on any atom is -0.387 e. The van der Waals surface area contributed by atoms with Gasteiger partial charge in [0.25, 0.3) is 0 Å². The van der Waals surface area contributed by atoms with E-state index in [2.05, 4.69) is 10.3 Å². The second kappa shape index (κ2) is 4.28. The minimum absolute atomic E-state index is 0.206. The van der Waals surface area contributed by atoms with E-state index in [1.54, 1.807) is 13.1 Å². The van der Waals surface area contributed by atoms with Crippen molar-refractivity contribution in [3.63, 3.8) is 0 Å². The van der Waals surface area contributed by atoms with Crippen molar-refractivity contribution >= 4 is 16.6 Å². The van der Waals surface area contributed by atoms with E-state index in [9.17, 15) is 8.78 Å². The molecule has 0 saturated carbocycles. The van der Waals surface area contributed by atoms with Gasteiger partial charge < -0.3 is 5.32 Å². The molecule has 0 saturated heterocycles. The molecular formula is C13H14F2N2. The Labute approximate surface area is 98.7 Å². The van der Waals surface area contributed by atoms with Gasteiger partial charge in [-0.1, -0.05) is 13.8 Å². The molecule has 1 aromatic carbocycles. The van der Waals surface area contributed by atoms with Crippen molar-refractivity contribution in [2.24, 2.45) is 0 Å². The monoisotopic (exact) mass is 236 g/mol. The zero-order chi connectivity index (χ0) is 12.6. The van der Waals surface area contributed by atoms with E-state index in [1.165, 1.54) is 6.07 Å². The van der Waals surface area contributed by atoms with E-state index in [0.29, 0.717) is 16.6 Å². The van der Waals surface area contributed by atoms with Crippen LogP contribution in [0.15, 0.2) is 18.2 Å². The number of nitrogens with zero attached hydrogens (tertiary/aromatic N) is 1. The summed E-state index contributed by atoms with van der Waals surface area (Å²) in [5, 5.41) is 3.25. The zero-order valence-electron chi connectivity index (χ0n) is 10.0. The molecule has 2 rings (SSSR count). The van der Waals surface area contributed by atoms with Crippen LogP contribution < -0.4 is 5.32 Å². The second-order valence-electron chi connectivity index (χ2n) is 4.28. The molecule has 2 aromatic rings. The highest BCUT2D eigenvalue weighted by Gasteiger charge is 2.12. The van der Waals surface area contributed by atoms with Crippen LogP contribution in [0.3, 0.4) is 0 Å². The van der Waals surface area contributed by atoms with Gasteiger partial charge in [-0.05, 0) is 12.0 Å². The van der Waals surface area contributed by atoms with Gasteiger partial charge in [0.15, 0.2) is 0 Å². The maximum Gasteiger partial charge on any atom is 0.137 e. The maximum absolute atomic E-state index is 13.7. The normalized spacial score (nSPS) is 11.2. The lowest BCUT2D eigenvalue weighted by Crippen LogP contribution is -2.00. The largest absolute Gasteiger partial charge is 0.387 e. The van der Waals surface area contributed by atoms with E-state index < -0.39 is 11.6 Å². The molecule has 2 nitrogen and oxygen atoms in total. The Morgan fingerprint density at radius 2 is 1.88 bits per heavy atom. The van der Waals surface area contributed by atoms with Crippen LogP contribution >= 0.6 is 0 Å². The molecule has 0 bridgehead atoms. The Bertz CT molecular complexity index is 565. The number of fused-ring (bicyclic) bond motifs is 1. The highest BCUT2D eigenvalue weighted by atomic mass is 19.1. The standard InChI is InChI=1S/C13H14F2N2/c1-7(2)10-6-11(16-3)13-9(15)4-8(14)5-12(13)17-10/h4-7H,1-3H3,(H,16,17). The molecule has 1 N–H and O–H groups in total. The summed E-state index contributed by atoms with van der Waals surface area (Å²) in [6, 6.07) is 3.93. The van der Waals surface area contributed by atoms with Crippen molar-refractivity contribution in [2.75, 3.05) is 12.4 Å². The van der Waals surface area contributed by atoms with Crippen LogP contribution in [0.1, 0.15) is 25.5 Å². The third-order valence-electron chi connectivity index (χ3n) is 2.71. The molecule has 0 spiro atoms. The van der Waals surface area contributed by atoms with Crippen molar-refractivity contribution in [1.82, 2.24) is 4.98 Å². The van der Waals surface area contributed by atoms with Gasteiger partial charge in [-0.3, -0.25) is 4.98 Å². The summed E-state index contributed by atoms with van der Waals surface area (Å²) in [6.07, 6.45) is 0. The Morgan fingerprint density at radius 1 is 1.18 bits per heavy atom. The van der Waals surface area contributed by atoms with Gasteiger partial charge in [0.1, 0.15) is 11.6 Å². The third kappa shape index (κ3) is 2.07. The average molecular weight is 236 g/mol. The van der Waals surface area contributed by atoms with Crippen LogP contribution in [0, 0.1) is 11.6 Å². The van der Waals surface area contributed by atoms with E-state index in [4.69, 9.17) is 0 Å². The lowest BCUT2D eigenvalue weighted by Gasteiger charge is -2.12. The highest BCUT2D eigenvalue weighted by molar-refractivity contribution is 5.92. The number of benzene rings is 1. The van der Waals surface area contributed by atoms with E-state index in [0.717, 1.165) is 11.8 Å². The molecule has 0 unspecified atom stereocenters. The van der Waals surface area contributed by atoms with Crippen LogP contribution in [-0.2, 0) is 0 Å². The van der Waals surface area contributed by atoms with Gasteiger partial charge in [0.05, 0.1) is 10.9 Å². The van der Waals surface area contributed by atoms with Gasteiger partial charge in [0, 0.05) is 30.6 Å². The van der Waals surface area contributed by atoms with Gasteiger partial charge in [-0.2, -0.15) is 0 Å². The number of hydrogen-bond acceptors (Lipinski definition) is 2. The second-order valence-corrected chi connectivity index (χ2v) is 4.28. The van der Waals surface area contributed by atoms with Crippen molar-refractivity contribution in [2.45, 2.75) is 19.8 Å². The van der Waals surface area contributed by atoms with E-state index >= 15 is 0 Å². The predicted molar refractivity (Wildman–Crippen MR) is 65.3 cm³/mol. The van der Waals surface area contributed by atoms with Gasteiger partial charge in [-0.15, -0.1) is 0 Å². The van der Waals surface area contributed by atoms with Gasteiger partial charge in [0.2, 0.25) is 0 Å². The molecule has 0 fully saturated rings. The molecule has 0 aliphatic rings. The lowest BCUT2D eigenvalue weighted by atomic mass is 10.1. The number of pyridine rings is 1. The topological polar surface area (TPSA) is 24.9 Å². The fourth-order valence-electron chi connectivity index (χ4n) is 1.80. The smallest absolute Gasteiger partial charge is 0.137 e. The zero-order valence-corrected chi connectivity index (χ0v) is 10.0. The summed E-state index contributed by atoms with van der Waals surface area (Å²) in [7, 11) is 1.71. The number of rotatable bonds is 2. The molecular weight excluding hydrogens is 222 g/mol. The van der Waals surface area contributed by atoms with E-state index in [-0.39, 0.29) is 5.92 Å². The SMILES string of the molecule is CNc1cc(C(C)C)nc2cc(F)cc(F)c12. The first-order valence-corrected chi connectivity index (χ1v) is 5.50. The molecule has 0 aliphatic heterocycles. The van der Waals surface area contributed by atoms with Crippen LogP contribution in [0.25, 0.3) is 10.9 Å². The molecule has 4 heteroatoms. The Hall–Kier alpha value is -1.71. The van der Waals surface area contributed by atoms with Crippen molar-refractivity contribution in [3.05, 3.63) is 35.5 Å². The first-order valence-electron chi connectivity index (χ1n) is 5.50. The first-order chi connectivity index (χ1) is 8.02. The number of anilines is 1. The van der Waals surface area contributed by atoms with Crippen LogP contribution in [0.4, 0.5) is 14.5 Å². The summed E-state index contributed by atoms with van der Waals surface area (Å²) < 4.78 is 26.9. The summed E-state index contributed by atoms with van der Waals surface area (Å²) >= 11 is 0. The predicted octanol–water partition coefficient (Wildman–Crippen LogP) is 3.68. The molecule has 0 aliphatic carbocycles. The van der Waals surface area contributed by atoms with E-state index in [1.807, 2.05) is 13.8 Å². The molecule has 90 valence electrons. The molecule has 0 radical (unpaired) electrons. The molecule has 0 amide bonds. The number of halogens is 2.